The van der Waals surface area contributed by atoms with Crippen molar-refractivity contribution in [3.8, 4) is 0 Å². The van der Waals surface area contributed by atoms with E-state index in [1.165, 1.54) is 25.3 Å². The van der Waals surface area contributed by atoms with Crippen molar-refractivity contribution in [1.82, 2.24) is 0 Å². The number of fused-ring (bicyclic) bond motifs is 2. The molecule has 0 N–H and O–H groups in total. The van der Waals surface area contributed by atoms with Crippen LogP contribution in [0, 0.1) is 17.8 Å². The Balaban J connectivity index is 2.20. The number of carbonyl (C=O) groups excluding carboxylic acids is 1. The van der Waals surface area contributed by atoms with Gasteiger partial charge in [0.25, 0.3) is 0 Å². The second-order valence-corrected chi connectivity index (χ2v) is 5.47. The van der Waals surface area contributed by atoms with Gasteiger partial charge in [-0.05, 0) is 49.9 Å². The van der Waals surface area contributed by atoms with Crippen molar-refractivity contribution in [1.29, 1.82) is 0 Å². The van der Waals surface area contributed by atoms with E-state index in [4.69, 9.17) is 4.74 Å². The Morgan fingerprint density at radius 1 is 1.62 bits per heavy atom. The van der Waals surface area contributed by atoms with Crippen LogP contribution < -0.4 is 0 Å². The lowest BCUT2D eigenvalue weighted by molar-refractivity contribution is -0.168. The highest BCUT2D eigenvalue weighted by Gasteiger charge is 2.55. The lowest BCUT2D eigenvalue weighted by atomic mass is 9.74. The van der Waals surface area contributed by atoms with Gasteiger partial charge in [0.05, 0.1) is 0 Å². The van der Waals surface area contributed by atoms with Crippen LogP contribution in [0.3, 0.4) is 0 Å². The van der Waals surface area contributed by atoms with E-state index in [0.717, 1.165) is 18.8 Å². The molecule has 0 aromatic rings. The van der Waals surface area contributed by atoms with Crippen molar-refractivity contribution in [3.63, 3.8) is 0 Å². The first kappa shape index (κ1) is 11.7. The number of carbonyl (C=O) groups is 1. The Labute approximate surface area is 98.1 Å². The molecule has 0 radical (unpaired) electrons. The molecular formula is C14H22O2. The molecule has 16 heavy (non-hydrogen) atoms. The minimum Gasteiger partial charge on any atom is -0.455 e. The van der Waals surface area contributed by atoms with E-state index in [-0.39, 0.29) is 11.6 Å². The largest absolute Gasteiger partial charge is 0.455 e. The number of ether oxygens (including phenoxy) is 1. The molecule has 4 unspecified atom stereocenters. The summed E-state index contributed by atoms with van der Waals surface area (Å²) in [6.07, 6.45) is 7.28. The highest BCUT2D eigenvalue weighted by atomic mass is 16.6. The summed E-state index contributed by atoms with van der Waals surface area (Å²) in [6, 6.07) is 0. The van der Waals surface area contributed by atoms with Crippen LogP contribution >= 0.6 is 0 Å². The first-order chi connectivity index (χ1) is 7.62. The average molecular weight is 222 g/mol. The second kappa shape index (κ2) is 4.23. The molecule has 2 bridgehead atoms. The van der Waals surface area contributed by atoms with E-state index in [1.807, 2.05) is 0 Å². The smallest absolute Gasteiger partial charge is 0.330 e. The van der Waals surface area contributed by atoms with Crippen LogP contribution in [-0.2, 0) is 9.53 Å². The quantitative estimate of drug-likeness (QED) is 0.539. The van der Waals surface area contributed by atoms with E-state index >= 15 is 0 Å². The topological polar surface area (TPSA) is 26.3 Å². The predicted octanol–water partition coefficient (Wildman–Crippen LogP) is 3.32. The van der Waals surface area contributed by atoms with E-state index in [0.29, 0.717) is 11.8 Å². The van der Waals surface area contributed by atoms with E-state index in [2.05, 4.69) is 20.4 Å². The zero-order valence-electron chi connectivity index (χ0n) is 10.4. The van der Waals surface area contributed by atoms with Crippen molar-refractivity contribution >= 4 is 5.97 Å². The van der Waals surface area contributed by atoms with Crippen molar-refractivity contribution in [3.05, 3.63) is 12.7 Å². The standard InChI is InChI=1S/C14H22O2/c1-4-10(3)14(16-13(15)5-2)9-11-6-7-12(14)8-11/h5,10-12H,2,4,6-9H2,1,3H3. The lowest BCUT2D eigenvalue weighted by Crippen LogP contribution is -2.45. The molecule has 2 aliphatic carbocycles. The molecule has 90 valence electrons. The van der Waals surface area contributed by atoms with Gasteiger partial charge in [0.15, 0.2) is 0 Å². The van der Waals surface area contributed by atoms with Gasteiger partial charge in [0, 0.05) is 6.08 Å². The Morgan fingerprint density at radius 3 is 2.81 bits per heavy atom. The van der Waals surface area contributed by atoms with Crippen molar-refractivity contribution < 1.29 is 9.53 Å². The highest BCUT2D eigenvalue weighted by Crippen LogP contribution is 2.56. The molecule has 0 aromatic carbocycles. The molecule has 0 aliphatic heterocycles. The molecule has 2 rings (SSSR count). The predicted molar refractivity (Wildman–Crippen MR) is 63.9 cm³/mol. The molecule has 2 aliphatic rings. The summed E-state index contributed by atoms with van der Waals surface area (Å²) in [5.41, 5.74) is -0.178. The lowest BCUT2D eigenvalue weighted by Gasteiger charge is -2.41. The maximum Gasteiger partial charge on any atom is 0.330 e. The number of esters is 1. The van der Waals surface area contributed by atoms with Gasteiger partial charge >= 0.3 is 5.97 Å². The number of hydrogen-bond acceptors (Lipinski definition) is 2. The first-order valence-electron chi connectivity index (χ1n) is 6.47. The molecule has 4 atom stereocenters. The number of hydrogen-bond donors (Lipinski definition) is 0. The van der Waals surface area contributed by atoms with Crippen molar-refractivity contribution in [2.24, 2.45) is 17.8 Å². The summed E-state index contributed by atoms with van der Waals surface area (Å²) in [5, 5.41) is 0. The van der Waals surface area contributed by atoms with E-state index < -0.39 is 0 Å². The van der Waals surface area contributed by atoms with Gasteiger partial charge in [0.2, 0.25) is 0 Å². The zero-order valence-corrected chi connectivity index (χ0v) is 10.4. The van der Waals surface area contributed by atoms with Crippen molar-refractivity contribution in [2.75, 3.05) is 0 Å². The molecule has 2 fully saturated rings. The molecule has 2 nitrogen and oxygen atoms in total. The van der Waals surface area contributed by atoms with Gasteiger partial charge in [-0.15, -0.1) is 0 Å². The zero-order chi connectivity index (χ0) is 11.8. The molecule has 0 saturated heterocycles. The molecule has 2 saturated carbocycles. The summed E-state index contributed by atoms with van der Waals surface area (Å²) >= 11 is 0. The summed E-state index contributed by atoms with van der Waals surface area (Å²) in [7, 11) is 0. The molecule has 2 heteroatoms. The maximum atomic E-state index is 11.5. The first-order valence-corrected chi connectivity index (χ1v) is 6.47. The normalized spacial score (nSPS) is 38.4. The Hall–Kier alpha value is -0.790. The Morgan fingerprint density at radius 2 is 2.38 bits per heavy atom. The van der Waals surface area contributed by atoms with Gasteiger partial charge in [-0.3, -0.25) is 0 Å². The van der Waals surface area contributed by atoms with E-state index in [9.17, 15) is 4.79 Å². The van der Waals surface area contributed by atoms with Crippen LogP contribution in [0.25, 0.3) is 0 Å². The van der Waals surface area contributed by atoms with Gasteiger partial charge in [-0.2, -0.15) is 0 Å². The summed E-state index contributed by atoms with van der Waals surface area (Å²) in [4.78, 5) is 11.5. The van der Waals surface area contributed by atoms with Gasteiger partial charge in [0.1, 0.15) is 5.60 Å². The highest BCUT2D eigenvalue weighted by molar-refractivity contribution is 5.81. The summed E-state index contributed by atoms with van der Waals surface area (Å²) < 4.78 is 5.78. The monoisotopic (exact) mass is 222 g/mol. The van der Waals surface area contributed by atoms with Crippen LogP contribution in [0.15, 0.2) is 12.7 Å². The third-order valence-corrected chi connectivity index (χ3v) is 4.74. The van der Waals surface area contributed by atoms with Gasteiger partial charge in [-0.25, -0.2) is 4.79 Å². The summed E-state index contributed by atoms with van der Waals surface area (Å²) in [6.45, 7) is 7.91. The minimum atomic E-state index is -0.243. The average Bonchev–Trinajstić information content (AvgIpc) is 2.88. The van der Waals surface area contributed by atoms with Crippen LogP contribution in [0.2, 0.25) is 0 Å². The van der Waals surface area contributed by atoms with Crippen LogP contribution in [0.4, 0.5) is 0 Å². The SMILES string of the molecule is C=CC(=O)OC1(C(C)CC)CC2CCC1C2. The van der Waals surface area contributed by atoms with Crippen LogP contribution in [0.1, 0.15) is 46.0 Å². The Bertz CT molecular complexity index is 297. The Kier molecular flexibility index (Phi) is 3.09. The van der Waals surface area contributed by atoms with Crippen LogP contribution in [-0.4, -0.2) is 11.6 Å². The van der Waals surface area contributed by atoms with E-state index in [1.54, 1.807) is 0 Å². The van der Waals surface area contributed by atoms with Crippen molar-refractivity contribution in [2.45, 2.75) is 51.6 Å². The molecule has 0 spiro atoms. The maximum absolute atomic E-state index is 11.5. The fraction of sp³-hybridized carbons (Fsp3) is 0.786. The molecule has 0 heterocycles. The molecule has 0 amide bonds. The fourth-order valence-electron chi connectivity index (χ4n) is 3.73. The number of rotatable bonds is 4. The van der Waals surface area contributed by atoms with Crippen LogP contribution in [0.5, 0.6) is 0 Å². The van der Waals surface area contributed by atoms with Gasteiger partial charge in [-0.1, -0.05) is 20.4 Å². The van der Waals surface area contributed by atoms with Gasteiger partial charge < -0.3 is 4.74 Å². The third-order valence-electron chi connectivity index (χ3n) is 4.74. The third kappa shape index (κ3) is 1.68. The fourth-order valence-corrected chi connectivity index (χ4v) is 3.73. The molecular weight excluding hydrogens is 200 g/mol. The second-order valence-electron chi connectivity index (χ2n) is 5.47. The molecule has 0 aromatic heterocycles. The summed E-state index contributed by atoms with van der Waals surface area (Å²) in [5.74, 6) is 1.60. The minimum absolute atomic E-state index is 0.178.